The minimum absolute atomic E-state index is 0.246. The van der Waals surface area contributed by atoms with Gasteiger partial charge in [0.05, 0.1) is 38.6 Å². The zero-order chi connectivity index (χ0) is 73.2. The van der Waals surface area contributed by atoms with Crippen LogP contribution in [-0.4, -0.2) is 193 Å². The van der Waals surface area contributed by atoms with Crippen molar-refractivity contribution in [2.75, 3.05) is 26.4 Å². The molecule has 0 spiro atoms. The first-order chi connectivity index (χ1) is 49.3. The molecule has 0 saturated carbocycles. The Kier molecular flexibility index (Phi) is 56.3. The SMILES string of the molecule is CC/C=C\C/C=C\C/C=C\C/C=C\C/C=C\C/C=C\C/C=C\C/C=C\CCCCCCCCCCCCCCC(=O)NC(COC1OC(CO)C(OC2OC(CO)C(OC3OC(CO)C(O)C(O)C3O)C(O)C2O)C(O)C1O)C(O)CCCCCCCCCCCCCCCCCCCCC. The summed E-state index contributed by atoms with van der Waals surface area (Å²) in [5.74, 6) is -0.246. The minimum Gasteiger partial charge on any atom is -0.394 e. The number of amides is 1. The van der Waals surface area contributed by atoms with Gasteiger partial charge in [0.25, 0.3) is 0 Å². The van der Waals surface area contributed by atoms with E-state index in [1.165, 1.54) is 148 Å². The molecule has 0 radical (unpaired) electrons. The number of ether oxygens (including phenoxy) is 6. The summed E-state index contributed by atoms with van der Waals surface area (Å²) in [6.45, 7) is 1.70. The van der Waals surface area contributed by atoms with Gasteiger partial charge in [0.1, 0.15) is 73.2 Å². The fourth-order valence-electron chi connectivity index (χ4n) is 13.0. The molecular weight excluding hydrogens is 1290 g/mol. The average Bonchev–Trinajstić information content (AvgIpc) is 0.789. The van der Waals surface area contributed by atoms with E-state index in [2.05, 4.69) is 116 Å². The standard InChI is InChI=1S/C82H143NO18/c1-3-5-7-9-11-13-15-17-19-21-23-24-25-26-27-28-29-30-31-32-33-34-35-36-37-38-39-40-42-44-46-48-50-52-54-56-58-60-70(88)83-65(66(87)59-57-55-53-51-49-47-45-43-41-22-20-18-16-14-12-10-8-6-4-2)64-96-80-76(94)73(91)78(68(62-85)98-80)101-82-77(95)74(92)79(69(63-86)99-82)100-81-75(93)72(90)71(89)67(61-84)97-81/h5,7,11,13,17,19,23-24,26-27,29-30,32-33,35-36,65-69,71-82,84-87,89-95H,3-4,6,8-10,12,14-16,18,20-22,25,28,31,34,37-64H2,1-2H3,(H,83,88)/b7-5-,13-11-,19-17-,24-23-,27-26-,30-29-,33-32-,36-35-. The van der Waals surface area contributed by atoms with Gasteiger partial charge in [-0.15, -0.1) is 0 Å². The lowest BCUT2D eigenvalue weighted by molar-refractivity contribution is -0.379. The molecule has 0 aromatic rings. The van der Waals surface area contributed by atoms with Crippen LogP contribution in [0.1, 0.15) is 284 Å². The van der Waals surface area contributed by atoms with Gasteiger partial charge in [-0.2, -0.15) is 0 Å². The third kappa shape index (κ3) is 42.0. The summed E-state index contributed by atoms with van der Waals surface area (Å²) in [4.78, 5) is 13.5. The van der Waals surface area contributed by atoms with Gasteiger partial charge in [0, 0.05) is 6.42 Å². The first kappa shape index (κ1) is 91.9. The number of aliphatic hydroxyl groups excluding tert-OH is 11. The van der Waals surface area contributed by atoms with Gasteiger partial charge in [-0.25, -0.2) is 0 Å². The molecule has 19 nitrogen and oxygen atoms in total. The highest BCUT2D eigenvalue weighted by Gasteiger charge is 2.54. The molecular formula is C82H143NO18. The molecule has 3 rings (SSSR count). The third-order valence-electron chi connectivity index (χ3n) is 19.4. The number of allylic oxidation sites excluding steroid dienone is 16. The van der Waals surface area contributed by atoms with Crippen molar-refractivity contribution in [2.45, 2.75) is 388 Å². The first-order valence-corrected chi connectivity index (χ1v) is 40.0. The van der Waals surface area contributed by atoms with Crippen molar-refractivity contribution >= 4 is 5.91 Å². The molecule has 17 unspecified atom stereocenters. The molecule has 1 amide bonds. The lowest BCUT2D eigenvalue weighted by atomic mass is 9.96. The predicted molar refractivity (Wildman–Crippen MR) is 401 cm³/mol. The Hall–Kier alpha value is -3.29. The van der Waals surface area contributed by atoms with E-state index in [4.69, 9.17) is 28.4 Å². The minimum atomic E-state index is -1.98. The Labute approximate surface area is 609 Å². The molecule has 17 atom stereocenters. The summed E-state index contributed by atoms with van der Waals surface area (Å²) in [5.41, 5.74) is 0. The number of hydrogen-bond donors (Lipinski definition) is 12. The molecule has 3 aliphatic rings. The second kappa shape index (κ2) is 61.8. The Morgan fingerprint density at radius 3 is 1.07 bits per heavy atom. The van der Waals surface area contributed by atoms with Gasteiger partial charge in [-0.05, 0) is 77.0 Å². The van der Waals surface area contributed by atoms with Crippen LogP contribution in [-0.2, 0) is 33.2 Å². The van der Waals surface area contributed by atoms with Crippen LogP contribution in [0.2, 0.25) is 0 Å². The molecule has 0 aromatic heterocycles. The molecule has 12 N–H and O–H groups in total. The molecule has 0 bridgehead atoms. The van der Waals surface area contributed by atoms with E-state index in [-0.39, 0.29) is 18.9 Å². The monoisotopic (exact) mass is 1430 g/mol. The molecule has 3 heterocycles. The van der Waals surface area contributed by atoms with Gasteiger partial charge < -0.3 is 89.9 Å². The van der Waals surface area contributed by atoms with Crippen LogP contribution in [0.4, 0.5) is 0 Å². The van der Waals surface area contributed by atoms with Gasteiger partial charge >= 0.3 is 0 Å². The second-order valence-electron chi connectivity index (χ2n) is 28.2. The number of unbranched alkanes of at least 4 members (excludes halogenated alkanes) is 30. The van der Waals surface area contributed by atoms with Crippen LogP contribution in [0, 0.1) is 0 Å². The molecule has 584 valence electrons. The maximum atomic E-state index is 13.5. The lowest BCUT2D eigenvalue weighted by Gasteiger charge is -2.48. The van der Waals surface area contributed by atoms with Crippen molar-refractivity contribution in [3.05, 3.63) is 97.2 Å². The van der Waals surface area contributed by atoms with Crippen molar-refractivity contribution in [3.63, 3.8) is 0 Å². The van der Waals surface area contributed by atoms with E-state index in [0.717, 1.165) is 103 Å². The fraction of sp³-hybridized carbons (Fsp3) is 0.793. The maximum Gasteiger partial charge on any atom is 0.220 e. The third-order valence-corrected chi connectivity index (χ3v) is 19.4. The number of hydrogen-bond acceptors (Lipinski definition) is 18. The van der Waals surface area contributed by atoms with Crippen LogP contribution >= 0.6 is 0 Å². The summed E-state index contributed by atoms with van der Waals surface area (Å²) in [6.07, 6.45) is 56.3. The molecule has 3 aliphatic heterocycles. The average molecular weight is 1430 g/mol. The number of aliphatic hydroxyl groups is 11. The highest BCUT2D eigenvalue weighted by molar-refractivity contribution is 5.76. The highest BCUT2D eigenvalue weighted by atomic mass is 16.8. The van der Waals surface area contributed by atoms with Crippen LogP contribution in [0.5, 0.6) is 0 Å². The Morgan fingerprint density at radius 2 is 0.683 bits per heavy atom. The van der Waals surface area contributed by atoms with Crippen LogP contribution in [0.15, 0.2) is 97.2 Å². The van der Waals surface area contributed by atoms with E-state index in [1.54, 1.807) is 0 Å². The van der Waals surface area contributed by atoms with Crippen LogP contribution < -0.4 is 5.32 Å². The fourth-order valence-corrected chi connectivity index (χ4v) is 13.0. The summed E-state index contributed by atoms with van der Waals surface area (Å²) >= 11 is 0. The van der Waals surface area contributed by atoms with Gasteiger partial charge in [0.2, 0.25) is 5.91 Å². The maximum absolute atomic E-state index is 13.5. The number of nitrogens with one attached hydrogen (secondary N) is 1. The smallest absolute Gasteiger partial charge is 0.220 e. The zero-order valence-electron chi connectivity index (χ0n) is 62.4. The molecule has 3 saturated heterocycles. The normalized spacial score (nSPS) is 26.8. The summed E-state index contributed by atoms with van der Waals surface area (Å²) < 4.78 is 34.5. The van der Waals surface area contributed by atoms with Crippen molar-refractivity contribution in [1.82, 2.24) is 5.32 Å². The quantitative estimate of drug-likeness (QED) is 0.0199. The second-order valence-corrected chi connectivity index (χ2v) is 28.2. The molecule has 0 aliphatic carbocycles. The Morgan fingerprint density at radius 1 is 0.366 bits per heavy atom. The number of carbonyl (C=O) groups is 1. The lowest BCUT2D eigenvalue weighted by Crippen LogP contribution is -2.66. The van der Waals surface area contributed by atoms with Gasteiger partial charge in [-0.1, -0.05) is 297 Å². The van der Waals surface area contributed by atoms with E-state index < -0.39 is 124 Å². The largest absolute Gasteiger partial charge is 0.394 e. The molecule has 101 heavy (non-hydrogen) atoms. The van der Waals surface area contributed by atoms with E-state index in [9.17, 15) is 61.0 Å². The Balaban J connectivity index is 1.34. The molecule has 3 fully saturated rings. The van der Waals surface area contributed by atoms with E-state index in [0.29, 0.717) is 12.8 Å². The Bertz CT molecular complexity index is 2200. The van der Waals surface area contributed by atoms with Gasteiger partial charge in [-0.3, -0.25) is 4.79 Å². The first-order valence-electron chi connectivity index (χ1n) is 40.0. The predicted octanol–water partition coefficient (Wildman–Crippen LogP) is 13.2. The summed E-state index contributed by atoms with van der Waals surface area (Å²) in [6, 6.07) is -0.895. The zero-order valence-corrected chi connectivity index (χ0v) is 62.4. The van der Waals surface area contributed by atoms with Crippen molar-refractivity contribution in [1.29, 1.82) is 0 Å². The molecule has 0 aromatic carbocycles. The number of rotatable bonds is 62. The highest BCUT2D eigenvalue weighted by Crippen LogP contribution is 2.33. The van der Waals surface area contributed by atoms with E-state index in [1.807, 2.05) is 0 Å². The van der Waals surface area contributed by atoms with Crippen molar-refractivity contribution < 1.29 is 89.4 Å². The van der Waals surface area contributed by atoms with Crippen molar-refractivity contribution in [3.8, 4) is 0 Å². The van der Waals surface area contributed by atoms with Crippen molar-refractivity contribution in [2.24, 2.45) is 0 Å². The topological polar surface area (TPSA) is 307 Å². The van der Waals surface area contributed by atoms with Crippen LogP contribution in [0.3, 0.4) is 0 Å². The van der Waals surface area contributed by atoms with Gasteiger partial charge in [0.15, 0.2) is 18.9 Å². The summed E-state index contributed by atoms with van der Waals surface area (Å²) in [7, 11) is 0. The number of carbonyl (C=O) groups excluding carboxylic acids is 1. The van der Waals surface area contributed by atoms with Crippen LogP contribution in [0.25, 0.3) is 0 Å². The molecule has 19 heteroatoms. The summed E-state index contributed by atoms with van der Waals surface area (Å²) in [5, 5.41) is 121. The van der Waals surface area contributed by atoms with E-state index >= 15 is 0 Å².